The van der Waals surface area contributed by atoms with Gasteiger partial charge in [0.15, 0.2) is 0 Å². The maximum absolute atomic E-state index is 5.98. The van der Waals surface area contributed by atoms with E-state index in [1.54, 1.807) is 0 Å². The van der Waals surface area contributed by atoms with Crippen LogP contribution in [0, 0.1) is 21.7 Å². The lowest BCUT2D eigenvalue weighted by atomic mass is 9.76. The number of hydrogen-bond acceptors (Lipinski definition) is 22. The minimum atomic E-state index is 0.145. The first kappa shape index (κ1) is 115. The van der Waals surface area contributed by atoms with E-state index in [-0.39, 0.29) is 22.7 Å². The minimum Gasteiger partial charge on any atom is -0.381 e. The van der Waals surface area contributed by atoms with Crippen molar-refractivity contribution in [2.24, 2.45) is 21.7 Å². The van der Waals surface area contributed by atoms with E-state index < -0.39 is 0 Å². The molecular formula is C115H219N11O11. The molecule has 0 bridgehead atoms. The van der Waals surface area contributed by atoms with Crippen LogP contribution < -0.4 is 0 Å². The maximum Gasteiger partial charge on any atom is 0.124 e. The van der Waals surface area contributed by atoms with Crippen molar-refractivity contribution in [3.05, 3.63) is 0 Å². The molecule has 6 unspecified atom stereocenters. The molecule has 0 N–H and O–H groups in total. The van der Waals surface area contributed by atoms with Crippen molar-refractivity contribution >= 4 is 0 Å². The Morgan fingerprint density at radius 2 is 0.467 bits per heavy atom. The Kier molecular flexibility index (Phi) is 44.8. The third kappa shape index (κ3) is 31.4. The molecule has 22 aliphatic heterocycles. The van der Waals surface area contributed by atoms with Gasteiger partial charge < -0.3 is 76.6 Å². The molecule has 0 aromatic rings. The van der Waals surface area contributed by atoms with Crippen LogP contribution in [0.3, 0.4) is 0 Å². The van der Waals surface area contributed by atoms with Gasteiger partial charge in [-0.1, -0.05) is 12.8 Å². The third-order valence-electron chi connectivity index (χ3n) is 37.7. The van der Waals surface area contributed by atoms with E-state index in [0.29, 0.717) is 92.7 Å². The van der Waals surface area contributed by atoms with E-state index in [2.05, 4.69) is 206 Å². The molecule has 22 nitrogen and oxygen atoms in total. The lowest BCUT2D eigenvalue weighted by Crippen LogP contribution is -2.65. The molecule has 0 aromatic heterocycles. The van der Waals surface area contributed by atoms with Gasteiger partial charge in [0.1, 0.15) is 11.4 Å². The third-order valence-corrected chi connectivity index (χ3v) is 37.7. The lowest BCUT2D eigenvalue weighted by Gasteiger charge is -2.54. The normalized spacial score (nSPS) is 33.3. The van der Waals surface area contributed by atoms with E-state index in [1.165, 1.54) is 349 Å². The van der Waals surface area contributed by atoms with Crippen molar-refractivity contribution in [1.82, 2.24) is 53.9 Å². The van der Waals surface area contributed by atoms with Crippen LogP contribution in [0.25, 0.3) is 0 Å². The summed E-state index contributed by atoms with van der Waals surface area (Å²) in [6, 6.07) is 7.60. The van der Waals surface area contributed by atoms with Crippen molar-refractivity contribution in [2.45, 2.75) is 489 Å². The monoisotopic (exact) mass is 1930 g/mol. The van der Waals surface area contributed by atoms with Crippen molar-refractivity contribution in [3.8, 4) is 0 Å². The second-order valence-electron chi connectivity index (χ2n) is 51.0. The van der Waals surface area contributed by atoms with Crippen molar-refractivity contribution in [1.29, 1.82) is 0 Å². The fraction of sp³-hybridized carbons (Fsp3) is 1.00. The molecule has 137 heavy (non-hydrogen) atoms. The second-order valence-corrected chi connectivity index (χ2v) is 51.0. The van der Waals surface area contributed by atoms with Crippen LogP contribution >= 0.6 is 0 Å². The molecule has 0 amide bonds. The number of hydrogen-bond donors (Lipinski definition) is 0. The van der Waals surface area contributed by atoms with Crippen LogP contribution in [0.2, 0.25) is 0 Å². The van der Waals surface area contributed by atoms with Crippen LogP contribution in [0.15, 0.2) is 0 Å². The first-order valence-corrected chi connectivity index (χ1v) is 58.4. The molecule has 6 atom stereocenters. The van der Waals surface area contributed by atoms with Gasteiger partial charge in [0.2, 0.25) is 0 Å². The molecule has 22 aliphatic rings. The number of likely N-dealkylation sites (tertiary alicyclic amines) is 11. The summed E-state index contributed by atoms with van der Waals surface area (Å²) < 4.78 is 61.6. The zero-order valence-electron chi connectivity index (χ0n) is 93.5. The van der Waals surface area contributed by atoms with Crippen LogP contribution in [0.1, 0.15) is 383 Å². The van der Waals surface area contributed by atoms with E-state index in [0.717, 1.165) is 124 Å². The summed E-state index contributed by atoms with van der Waals surface area (Å²) in [6.07, 6.45) is 47.5. The highest BCUT2D eigenvalue weighted by molar-refractivity contribution is 5.04. The Labute approximate surface area is 842 Å². The Morgan fingerprint density at radius 3 is 0.803 bits per heavy atom. The number of piperidine rings is 11. The summed E-state index contributed by atoms with van der Waals surface area (Å²) in [7, 11) is 0. The number of nitrogens with zero attached hydrogens (tertiary/aromatic N) is 11. The molecule has 22 saturated heterocycles. The number of ether oxygens (including phenoxy) is 11. The fourth-order valence-corrected chi connectivity index (χ4v) is 27.8. The van der Waals surface area contributed by atoms with E-state index in [9.17, 15) is 0 Å². The molecule has 800 valence electrons. The molecule has 0 aromatic carbocycles. The van der Waals surface area contributed by atoms with Gasteiger partial charge in [-0.15, -0.1) is 0 Å². The van der Waals surface area contributed by atoms with Gasteiger partial charge in [0.25, 0.3) is 0 Å². The van der Waals surface area contributed by atoms with Gasteiger partial charge in [0, 0.05) is 186 Å². The highest BCUT2D eigenvalue weighted by atomic mass is 16.5. The van der Waals surface area contributed by atoms with Crippen LogP contribution in [-0.2, 0) is 52.1 Å². The molecule has 22 heteroatoms. The smallest absolute Gasteiger partial charge is 0.124 e. The van der Waals surface area contributed by atoms with Crippen molar-refractivity contribution in [3.63, 3.8) is 0 Å². The molecule has 0 saturated carbocycles. The largest absolute Gasteiger partial charge is 0.381 e. The lowest BCUT2D eigenvalue weighted by molar-refractivity contribution is -0.261. The number of rotatable bonds is 11. The molecule has 22 fully saturated rings. The van der Waals surface area contributed by atoms with Gasteiger partial charge >= 0.3 is 0 Å². The Balaban J connectivity index is 0.000000135. The quantitative estimate of drug-likeness (QED) is 0.194. The first-order chi connectivity index (χ1) is 65.5. The summed E-state index contributed by atoms with van der Waals surface area (Å²) in [5.74, 6) is 0. The van der Waals surface area contributed by atoms with Gasteiger partial charge in [-0.3, -0.25) is 29.4 Å². The summed E-state index contributed by atoms with van der Waals surface area (Å²) in [4.78, 5) is 28.4. The molecule has 0 radical (unpaired) electrons. The predicted octanol–water partition coefficient (Wildman–Crippen LogP) is 20.2. The van der Waals surface area contributed by atoms with E-state index in [4.69, 9.17) is 52.1 Å². The summed E-state index contributed by atoms with van der Waals surface area (Å²) in [5.41, 5.74) is 4.32. The zero-order valence-corrected chi connectivity index (χ0v) is 93.5. The topological polar surface area (TPSA) is 137 Å². The predicted molar refractivity (Wildman–Crippen MR) is 564 cm³/mol. The molecule has 0 aliphatic carbocycles. The second kappa shape index (κ2) is 53.5. The van der Waals surface area contributed by atoms with Gasteiger partial charge in [-0.2, -0.15) is 0 Å². The zero-order chi connectivity index (χ0) is 98.2. The molecule has 11 spiro atoms. The summed E-state index contributed by atoms with van der Waals surface area (Å²) >= 11 is 0. The van der Waals surface area contributed by atoms with E-state index in [1.807, 2.05) is 0 Å². The Morgan fingerprint density at radius 1 is 0.161 bits per heavy atom. The highest BCUT2D eigenvalue weighted by Crippen LogP contribution is 2.47. The van der Waals surface area contributed by atoms with Crippen molar-refractivity contribution in [2.75, 3.05) is 230 Å². The molecule has 22 rings (SSSR count). The fourth-order valence-electron chi connectivity index (χ4n) is 27.8. The SMILES string of the molecule is CC(C)N1CCC2(CC1)COC2.CC(C)N1CCC2(CCO2)CC1.CC(C)N1CCC2(CCOC2)CC1.CC(C)N1CCCC2(CCCO2)C1.CC(C)N1CCCC2(CCO2)C1.CC(C)N1CCCC2(CCOC2)C1.CC(C)N1CCCC2(COC2)C1.CC(C)N1CCCCC12CCCO2.CC(C)N1CCCCC12CCO2.CC(C)N1CCCCC12CCOC2.CC(C)N1CCCCC12COC2. The summed E-state index contributed by atoms with van der Waals surface area (Å²) in [6.45, 7) is 89.9. The molecule has 22 heterocycles. The van der Waals surface area contributed by atoms with Gasteiger partial charge in [0.05, 0.1) is 102 Å². The van der Waals surface area contributed by atoms with Crippen LogP contribution in [0.5, 0.6) is 0 Å². The molecular weight excluding hydrogens is 1710 g/mol. The Bertz CT molecular complexity index is 3100. The standard InChI is InChI=1S/5C11H21NO.6C10H19NO/c1-10(2)12-6-3-11(4-7-12)5-8-13-9-11;1-10(2)12-7-3-5-11(9-12)6-4-8-13-11;1-10(2)12-6-3-4-11(8-12)5-7-13-9-11;1-10(2)12-8-4-3-6-11(12)7-5-9-13-11;1-10(2)12-7-4-3-5-11(12)6-8-13-9-11;1-9(2)11-6-3-10(4-7-11)5-8-12-10;1-9(2)11-5-3-10(4-6-11)7-12-8-10;1-9(2)11-6-3-4-10(8-11)5-7-12-10;1-9(2)11-5-3-4-10(6-11)7-12-8-10;1-9(2)11-7-4-3-5-10(11)6-8-12-10;1-9(2)11-6-4-3-5-10(11)7-12-8-10/h5*10H,3-9H2,1-2H3;6*9H,3-8H2,1-2H3. The average Bonchev–Trinajstić information content (AvgIpc) is 1.78. The summed E-state index contributed by atoms with van der Waals surface area (Å²) in [5, 5.41) is 0. The van der Waals surface area contributed by atoms with Crippen LogP contribution in [-0.4, -0.2) is 390 Å². The first-order valence-electron chi connectivity index (χ1n) is 58.4. The minimum absolute atomic E-state index is 0.145. The van der Waals surface area contributed by atoms with Gasteiger partial charge in [-0.25, -0.2) is 0 Å². The highest BCUT2D eigenvalue weighted by Gasteiger charge is 2.52. The Hall–Kier alpha value is -0.880. The van der Waals surface area contributed by atoms with Gasteiger partial charge in [-0.05, 0) is 429 Å². The average molecular weight is 1930 g/mol. The van der Waals surface area contributed by atoms with Crippen molar-refractivity contribution < 1.29 is 52.1 Å². The van der Waals surface area contributed by atoms with Crippen LogP contribution in [0.4, 0.5) is 0 Å². The maximum atomic E-state index is 5.98. The van der Waals surface area contributed by atoms with E-state index >= 15 is 0 Å².